The lowest BCUT2D eigenvalue weighted by Gasteiger charge is -2.40. The van der Waals surface area contributed by atoms with E-state index in [1.54, 1.807) is 6.20 Å². The molecule has 2 aromatic rings. The first-order valence-electron chi connectivity index (χ1n) is 9.26. The van der Waals surface area contributed by atoms with Crippen LogP contribution in [0, 0.1) is 0 Å². The van der Waals surface area contributed by atoms with E-state index < -0.39 is 0 Å². The first kappa shape index (κ1) is 17.1. The summed E-state index contributed by atoms with van der Waals surface area (Å²) in [6.45, 7) is 6.08. The van der Waals surface area contributed by atoms with Gasteiger partial charge in [0.15, 0.2) is 0 Å². The van der Waals surface area contributed by atoms with Crippen LogP contribution >= 0.6 is 0 Å². The van der Waals surface area contributed by atoms with Crippen LogP contribution in [-0.4, -0.2) is 60.3 Å². The molecule has 2 fully saturated rings. The first-order chi connectivity index (χ1) is 12.7. The van der Waals surface area contributed by atoms with Gasteiger partial charge >= 0.3 is 0 Å². The third-order valence-corrected chi connectivity index (χ3v) is 5.41. The molecule has 2 aliphatic rings. The quantitative estimate of drug-likeness (QED) is 0.865. The molecule has 1 aromatic carbocycles. The molecule has 138 valence electrons. The van der Waals surface area contributed by atoms with E-state index in [9.17, 15) is 0 Å². The van der Waals surface area contributed by atoms with Crippen LogP contribution in [-0.2, 0) is 4.74 Å². The van der Waals surface area contributed by atoms with E-state index in [-0.39, 0.29) is 5.95 Å². The van der Waals surface area contributed by atoms with Gasteiger partial charge in [0.05, 0.1) is 13.2 Å². The van der Waals surface area contributed by atoms with Crippen LogP contribution in [0.25, 0.3) is 11.1 Å². The second-order valence-electron chi connectivity index (χ2n) is 6.94. The zero-order chi connectivity index (χ0) is 17.9. The van der Waals surface area contributed by atoms with E-state index in [2.05, 4.69) is 44.0 Å². The Morgan fingerprint density at radius 2 is 1.65 bits per heavy atom. The third-order valence-electron chi connectivity index (χ3n) is 5.41. The van der Waals surface area contributed by atoms with Gasteiger partial charge in [-0.25, -0.2) is 4.98 Å². The van der Waals surface area contributed by atoms with Crippen LogP contribution < -0.4 is 16.4 Å². The van der Waals surface area contributed by atoms with Crippen molar-refractivity contribution in [3.8, 4) is 11.1 Å². The monoisotopic (exact) mass is 354 g/mol. The van der Waals surface area contributed by atoms with Crippen molar-refractivity contribution in [3.05, 3.63) is 30.5 Å². The molecule has 0 spiro atoms. The summed E-state index contributed by atoms with van der Waals surface area (Å²) in [4.78, 5) is 13.1. The van der Waals surface area contributed by atoms with Gasteiger partial charge < -0.3 is 21.1 Å². The van der Waals surface area contributed by atoms with Crippen molar-refractivity contribution >= 4 is 17.5 Å². The lowest BCUT2D eigenvalue weighted by molar-refractivity contribution is 0.0115. The normalized spacial score (nSPS) is 19.6. The summed E-state index contributed by atoms with van der Waals surface area (Å²) < 4.78 is 5.47. The van der Waals surface area contributed by atoms with Gasteiger partial charge in [0.25, 0.3) is 0 Å². The number of hydrogen-bond donors (Lipinski definition) is 2. The molecule has 2 aliphatic heterocycles. The highest BCUT2D eigenvalue weighted by atomic mass is 16.5. The van der Waals surface area contributed by atoms with E-state index in [0.717, 1.165) is 50.5 Å². The van der Waals surface area contributed by atoms with Crippen LogP contribution in [0.2, 0.25) is 0 Å². The first-order valence-corrected chi connectivity index (χ1v) is 9.26. The Balaban J connectivity index is 1.40. The van der Waals surface area contributed by atoms with Gasteiger partial charge in [0, 0.05) is 49.7 Å². The van der Waals surface area contributed by atoms with Gasteiger partial charge in [-0.2, -0.15) is 4.98 Å². The zero-order valence-corrected chi connectivity index (χ0v) is 15.0. The smallest absolute Gasteiger partial charge is 0.221 e. The maximum Gasteiger partial charge on any atom is 0.221 e. The molecule has 0 bridgehead atoms. The molecule has 4 rings (SSSR count). The second-order valence-corrected chi connectivity index (χ2v) is 6.94. The molecule has 4 N–H and O–H groups in total. The van der Waals surface area contributed by atoms with E-state index in [0.29, 0.717) is 11.9 Å². The van der Waals surface area contributed by atoms with Crippen molar-refractivity contribution in [2.75, 3.05) is 55.8 Å². The molecule has 0 aliphatic carbocycles. The standard InChI is InChI=1S/C19H26N6O/c20-18-17(13-22-19(21)23-18)14-1-3-15(4-2-14)24-7-5-16(6-8-24)25-9-11-26-12-10-25/h1-4,13,16H,5-12H2,(H4,20,21,22,23). The molecule has 26 heavy (non-hydrogen) atoms. The van der Waals surface area contributed by atoms with E-state index in [4.69, 9.17) is 16.2 Å². The zero-order valence-electron chi connectivity index (χ0n) is 15.0. The number of nitrogen functional groups attached to an aromatic ring is 2. The molecule has 2 saturated heterocycles. The lowest BCUT2D eigenvalue weighted by atomic mass is 10.0. The number of morpholine rings is 1. The minimum Gasteiger partial charge on any atom is -0.383 e. The highest BCUT2D eigenvalue weighted by molar-refractivity contribution is 5.74. The van der Waals surface area contributed by atoms with Gasteiger partial charge in [-0.1, -0.05) is 12.1 Å². The molecule has 7 heteroatoms. The molecule has 0 unspecified atom stereocenters. The predicted octanol–water partition coefficient (Wildman–Crippen LogP) is 1.61. The van der Waals surface area contributed by atoms with Crippen LogP contribution in [0.4, 0.5) is 17.5 Å². The fourth-order valence-corrected chi connectivity index (χ4v) is 3.92. The molecular formula is C19H26N6O. The number of nitrogens with zero attached hydrogens (tertiary/aromatic N) is 4. The summed E-state index contributed by atoms with van der Waals surface area (Å²) in [6.07, 6.45) is 4.10. The minimum absolute atomic E-state index is 0.200. The van der Waals surface area contributed by atoms with Gasteiger partial charge in [-0.15, -0.1) is 0 Å². The van der Waals surface area contributed by atoms with Gasteiger partial charge in [0.1, 0.15) is 5.82 Å². The van der Waals surface area contributed by atoms with E-state index >= 15 is 0 Å². The van der Waals surface area contributed by atoms with Gasteiger partial charge in [-0.05, 0) is 30.5 Å². The van der Waals surface area contributed by atoms with Crippen LogP contribution in [0.5, 0.6) is 0 Å². The third kappa shape index (κ3) is 3.59. The topological polar surface area (TPSA) is 93.5 Å². The average Bonchev–Trinajstić information content (AvgIpc) is 2.69. The molecule has 0 saturated carbocycles. The van der Waals surface area contributed by atoms with Crippen LogP contribution in [0.1, 0.15) is 12.8 Å². The number of nitrogens with two attached hydrogens (primary N) is 2. The van der Waals surface area contributed by atoms with E-state index in [1.165, 1.54) is 18.5 Å². The maximum atomic E-state index is 5.97. The summed E-state index contributed by atoms with van der Waals surface area (Å²) in [5.74, 6) is 0.614. The average molecular weight is 354 g/mol. The summed E-state index contributed by atoms with van der Waals surface area (Å²) in [6, 6.07) is 9.16. The Morgan fingerprint density at radius 3 is 2.31 bits per heavy atom. The van der Waals surface area contributed by atoms with Gasteiger partial charge in [-0.3, -0.25) is 4.90 Å². The Morgan fingerprint density at radius 1 is 0.962 bits per heavy atom. The van der Waals surface area contributed by atoms with Crippen molar-refractivity contribution in [2.24, 2.45) is 0 Å². The molecule has 1 aromatic heterocycles. The maximum absolute atomic E-state index is 5.97. The number of piperidine rings is 1. The number of anilines is 3. The summed E-state index contributed by atoms with van der Waals surface area (Å²) >= 11 is 0. The van der Waals surface area contributed by atoms with Crippen molar-refractivity contribution in [1.82, 2.24) is 14.9 Å². The van der Waals surface area contributed by atoms with Crippen molar-refractivity contribution in [3.63, 3.8) is 0 Å². The number of benzene rings is 1. The highest BCUT2D eigenvalue weighted by Crippen LogP contribution is 2.28. The number of ether oxygens (including phenoxy) is 1. The van der Waals surface area contributed by atoms with Crippen LogP contribution in [0.15, 0.2) is 30.5 Å². The second kappa shape index (κ2) is 7.47. The Hall–Kier alpha value is -2.38. The van der Waals surface area contributed by atoms with Crippen LogP contribution in [0.3, 0.4) is 0 Å². The molecule has 0 radical (unpaired) electrons. The molecular weight excluding hydrogens is 328 g/mol. The Bertz CT molecular complexity index is 736. The Kier molecular flexibility index (Phi) is 4.90. The predicted molar refractivity (Wildman–Crippen MR) is 104 cm³/mol. The van der Waals surface area contributed by atoms with Crippen molar-refractivity contribution < 1.29 is 4.74 Å². The molecule has 3 heterocycles. The highest BCUT2D eigenvalue weighted by Gasteiger charge is 2.25. The largest absolute Gasteiger partial charge is 0.383 e. The number of aromatic nitrogens is 2. The number of hydrogen-bond acceptors (Lipinski definition) is 7. The summed E-state index contributed by atoms with van der Waals surface area (Å²) in [5.41, 5.74) is 14.6. The summed E-state index contributed by atoms with van der Waals surface area (Å²) in [7, 11) is 0. The van der Waals surface area contributed by atoms with Crippen molar-refractivity contribution in [2.45, 2.75) is 18.9 Å². The van der Waals surface area contributed by atoms with Gasteiger partial charge in [0.2, 0.25) is 5.95 Å². The fourth-order valence-electron chi connectivity index (χ4n) is 3.92. The number of rotatable bonds is 3. The molecule has 0 amide bonds. The lowest BCUT2D eigenvalue weighted by Crippen LogP contribution is -2.49. The van der Waals surface area contributed by atoms with Crippen molar-refractivity contribution in [1.29, 1.82) is 0 Å². The van der Waals surface area contributed by atoms with E-state index in [1.807, 2.05) is 0 Å². The fraction of sp³-hybridized carbons (Fsp3) is 0.474. The molecule has 7 nitrogen and oxygen atoms in total. The summed E-state index contributed by atoms with van der Waals surface area (Å²) in [5, 5.41) is 0. The molecule has 0 atom stereocenters. The SMILES string of the molecule is Nc1ncc(-c2ccc(N3CCC(N4CCOCC4)CC3)cc2)c(N)n1. The minimum atomic E-state index is 0.200. The Labute approximate surface area is 154 Å².